The fourth-order valence-corrected chi connectivity index (χ4v) is 2.67. The third kappa shape index (κ3) is 4.40. The molecule has 1 atom stereocenters. The summed E-state index contributed by atoms with van der Waals surface area (Å²) in [7, 11) is 0. The van der Waals surface area contributed by atoms with Gasteiger partial charge in [-0.25, -0.2) is 4.21 Å². The molecule has 1 fully saturated rings. The molecule has 1 saturated heterocycles. The van der Waals surface area contributed by atoms with E-state index >= 15 is 0 Å². The average Bonchev–Trinajstić information content (AvgIpc) is 2.08. The van der Waals surface area contributed by atoms with Crippen LogP contribution in [-0.2, 0) is 11.1 Å². The molecule has 0 aliphatic carbocycles. The maximum atomic E-state index is 10.6. The lowest BCUT2D eigenvalue weighted by molar-refractivity contribution is 0.203. The van der Waals surface area contributed by atoms with Gasteiger partial charge in [-0.1, -0.05) is 0 Å². The van der Waals surface area contributed by atoms with E-state index in [9.17, 15) is 4.21 Å². The molecule has 1 unspecified atom stereocenters. The predicted molar refractivity (Wildman–Crippen MR) is 55.5 cm³/mol. The molecular weight excluding hydrogens is 210 g/mol. The molecular formula is C8H16ClNO2S. The third-order valence-electron chi connectivity index (χ3n) is 2.49. The zero-order valence-corrected chi connectivity index (χ0v) is 9.19. The number of hydrogen-bond acceptors (Lipinski definition) is 2. The predicted octanol–water partition coefficient (Wildman–Crippen LogP) is 1.16. The molecule has 1 aliphatic rings. The Labute approximate surface area is 86.7 Å². The van der Waals surface area contributed by atoms with Crippen LogP contribution in [0, 0.1) is 5.92 Å². The van der Waals surface area contributed by atoms with Crippen molar-refractivity contribution in [3.63, 3.8) is 0 Å². The van der Waals surface area contributed by atoms with E-state index < -0.39 is 11.1 Å². The first-order valence-corrected chi connectivity index (χ1v) is 6.39. The lowest BCUT2D eigenvalue weighted by Crippen LogP contribution is -2.36. The summed E-state index contributed by atoms with van der Waals surface area (Å²) in [5.41, 5.74) is 0. The van der Waals surface area contributed by atoms with Crippen LogP contribution in [0.1, 0.15) is 12.8 Å². The second-order valence-corrected chi connectivity index (χ2v) is 4.82. The topological polar surface area (TPSA) is 40.5 Å². The molecule has 0 aromatic rings. The lowest BCUT2D eigenvalue weighted by Gasteiger charge is -2.30. The van der Waals surface area contributed by atoms with Crippen molar-refractivity contribution in [1.29, 1.82) is 0 Å². The largest absolute Gasteiger partial charge is 0.306 e. The van der Waals surface area contributed by atoms with Crippen molar-refractivity contribution in [2.24, 2.45) is 5.92 Å². The molecule has 1 heterocycles. The Morgan fingerprint density at radius 2 is 2.08 bits per heavy atom. The van der Waals surface area contributed by atoms with Crippen molar-refractivity contribution in [3.05, 3.63) is 0 Å². The van der Waals surface area contributed by atoms with Crippen LogP contribution in [0.3, 0.4) is 0 Å². The minimum absolute atomic E-state index is 0.428. The first-order valence-electron chi connectivity index (χ1n) is 4.58. The van der Waals surface area contributed by atoms with E-state index in [-0.39, 0.29) is 0 Å². The summed E-state index contributed by atoms with van der Waals surface area (Å²) in [6, 6.07) is 0. The number of halogens is 1. The van der Waals surface area contributed by atoms with Gasteiger partial charge in [0.1, 0.15) is 0 Å². The average molecular weight is 226 g/mol. The Morgan fingerprint density at radius 3 is 2.54 bits per heavy atom. The van der Waals surface area contributed by atoms with Gasteiger partial charge >= 0.3 is 0 Å². The van der Waals surface area contributed by atoms with Crippen LogP contribution in [0.2, 0.25) is 0 Å². The molecule has 0 radical (unpaired) electrons. The van der Waals surface area contributed by atoms with Crippen molar-refractivity contribution < 1.29 is 8.76 Å². The fourth-order valence-electron chi connectivity index (χ4n) is 1.70. The number of piperidine rings is 1. The van der Waals surface area contributed by atoms with Crippen LogP contribution in [0.15, 0.2) is 0 Å². The second kappa shape index (κ2) is 5.96. The number of hydrogen-bond donors (Lipinski definition) is 1. The summed E-state index contributed by atoms with van der Waals surface area (Å²) >= 11 is 4.00. The maximum absolute atomic E-state index is 10.6. The van der Waals surface area contributed by atoms with Crippen LogP contribution >= 0.6 is 11.6 Å². The molecule has 0 bridgehead atoms. The lowest BCUT2D eigenvalue weighted by atomic mass is 9.99. The summed E-state index contributed by atoms with van der Waals surface area (Å²) in [5.74, 6) is 1.54. The van der Waals surface area contributed by atoms with Crippen LogP contribution in [0.25, 0.3) is 0 Å². The Kier molecular flexibility index (Phi) is 5.24. The van der Waals surface area contributed by atoms with Crippen molar-refractivity contribution in [2.45, 2.75) is 12.8 Å². The molecule has 0 spiro atoms. The van der Waals surface area contributed by atoms with E-state index in [1.165, 1.54) is 0 Å². The van der Waals surface area contributed by atoms with Gasteiger partial charge in [-0.15, -0.1) is 11.6 Å². The van der Waals surface area contributed by atoms with Crippen molar-refractivity contribution in [3.8, 4) is 0 Å². The highest BCUT2D eigenvalue weighted by Crippen LogP contribution is 2.17. The monoisotopic (exact) mass is 225 g/mol. The van der Waals surface area contributed by atoms with Crippen molar-refractivity contribution >= 4 is 22.7 Å². The molecule has 0 amide bonds. The highest BCUT2D eigenvalue weighted by Gasteiger charge is 2.19. The van der Waals surface area contributed by atoms with E-state index in [0.717, 1.165) is 32.5 Å². The molecule has 0 aromatic heterocycles. The third-order valence-corrected chi connectivity index (χ3v) is 3.41. The number of rotatable bonds is 4. The van der Waals surface area contributed by atoms with Gasteiger partial charge in [0.2, 0.25) is 0 Å². The SMILES string of the molecule is O=S(O)CC1CCN(CCCl)CC1. The van der Waals surface area contributed by atoms with Gasteiger partial charge in [0, 0.05) is 12.4 Å². The molecule has 1 rings (SSSR count). The van der Waals surface area contributed by atoms with Crippen molar-refractivity contribution in [2.75, 3.05) is 31.3 Å². The minimum atomic E-state index is -1.62. The zero-order valence-electron chi connectivity index (χ0n) is 7.62. The highest BCUT2D eigenvalue weighted by molar-refractivity contribution is 7.79. The molecule has 1 N–H and O–H groups in total. The van der Waals surface area contributed by atoms with Gasteiger partial charge in [-0.3, -0.25) is 0 Å². The molecule has 0 aromatic carbocycles. The standard InChI is InChI=1S/C8H16ClNO2S/c9-3-6-10-4-1-8(2-5-10)7-13(11)12/h8H,1-7H2,(H,11,12). The van der Waals surface area contributed by atoms with E-state index in [1.54, 1.807) is 0 Å². The second-order valence-electron chi connectivity index (χ2n) is 3.46. The summed E-state index contributed by atoms with van der Waals surface area (Å²) in [4.78, 5) is 2.31. The number of nitrogens with zero attached hydrogens (tertiary/aromatic N) is 1. The Hall–Kier alpha value is 0.360. The molecule has 0 saturated carbocycles. The summed E-state index contributed by atoms with van der Waals surface area (Å²) in [6.45, 7) is 2.99. The summed E-state index contributed by atoms with van der Waals surface area (Å²) < 4.78 is 19.3. The van der Waals surface area contributed by atoms with Crippen LogP contribution in [-0.4, -0.2) is 44.9 Å². The Bertz CT molecular complexity index is 172. The Morgan fingerprint density at radius 1 is 1.46 bits per heavy atom. The maximum Gasteiger partial charge on any atom is 0.153 e. The number of likely N-dealkylation sites (tertiary alicyclic amines) is 1. The van der Waals surface area contributed by atoms with Crippen LogP contribution in [0.5, 0.6) is 0 Å². The highest BCUT2D eigenvalue weighted by atomic mass is 35.5. The first kappa shape index (κ1) is 11.4. The molecule has 13 heavy (non-hydrogen) atoms. The normalized spacial score (nSPS) is 23.2. The van der Waals surface area contributed by atoms with Crippen LogP contribution < -0.4 is 0 Å². The van der Waals surface area contributed by atoms with Gasteiger partial charge < -0.3 is 9.45 Å². The molecule has 1 aliphatic heterocycles. The smallest absolute Gasteiger partial charge is 0.153 e. The molecule has 3 nitrogen and oxygen atoms in total. The van der Waals surface area contributed by atoms with E-state index in [4.69, 9.17) is 16.2 Å². The zero-order chi connectivity index (χ0) is 9.68. The van der Waals surface area contributed by atoms with Gasteiger partial charge in [0.25, 0.3) is 0 Å². The van der Waals surface area contributed by atoms with Gasteiger partial charge in [0.05, 0.1) is 5.75 Å². The van der Waals surface area contributed by atoms with E-state index in [2.05, 4.69) is 4.90 Å². The van der Waals surface area contributed by atoms with Gasteiger partial charge in [-0.05, 0) is 31.8 Å². The summed E-state index contributed by atoms with van der Waals surface area (Å²) in [5, 5.41) is 0. The van der Waals surface area contributed by atoms with E-state index in [0.29, 0.717) is 17.6 Å². The minimum Gasteiger partial charge on any atom is -0.306 e. The molecule has 78 valence electrons. The molecule has 5 heteroatoms. The summed E-state index contributed by atoms with van der Waals surface area (Å²) in [6.07, 6.45) is 2.06. The van der Waals surface area contributed by atoms with E-state index in [1.807, 2.05) is 0 Å². The fraction of sp³-hybridized carbons (Fsp3) is 1.00. The van der Waals surface area contributed by atoms with Crippen LogP contribution in [0.4, 0.5) is 0 Å². The first-order chi connectivity index (χ1) is 6.22. The van der Waals surface area contributed by atoms with Gasteiger partial charge in [0.15, 0.2) is 11.1 Å². The number of alkyl halides is 1. The van der Waals surface area contributed by atoms with Crippen molar-refractivity contribution in [1.82, 2.24) is 4.90 Å². The quantitative estimate of drug-likeness (QED) is 0.577. The van der Waals surface area contributed by atoms with Gasteiger partial charge in [-0.2, -0.15) is 0 Å². The Balaban J connectivity index is 2.18.